The lowest BCUT2D eigenvalue weighted by Crippen LogP contribution is -2.51. The van der Waals surface area contributed by atoms with Crippen LogP contribution < -0.4 is 9.64 Å². The molecule has 35 heavy (non-hydrogen) atoms. The van der Waals surface area contributed by atoms with Gasteiger partial charge >= 0.3 is 12.1 Å². The van der Waals surface area contributed by atoms with Crippen LogP contribution in [-0.4, -0.2) is 67.5 Å². The summed E-state index contributed by atoms with van der Waals surface area (Å²) in [5.41, 5.74) is 0. The fourth-order valence-corrected chi connectivity index (χ4v) is 5.88. The summed E-state index contributed by atoms with van der Waals surface area (Å²) in [4.78, 5) is 7.71. The quantitative estimate of drug-likeness (QED) is 0.537. The van der Waals surface area contributed by atoms with Crippen LogP contribution in [0, 0.1) is 11.7 Å². The molecule has 192 valence electrons. The highest BCUT2D eigenvalue weighted by atomic mass is 32.2. The molecule has 2 atom stereocenters. The number of anilines is 1. The zero-order chi connectivity index (χ0) is 25.0. The van der Waals surface area contributed by atoms with Gasteiger partial charge in [-0.25, -0.2) is 12.8 Å². The maximum absolute atomic E-state index is 14.2. The summed E-state index contributed by atoms with van der Waals surface area (Å²) in [5.74, 6) is -1.69. The molecule has 0 bridgehead atoms. The first kappa shape index (κ1) is 24.3. The van der Waals surface area contributed by atoms with E-state index in [-0.39, 0.29) is 34.6 Å². The van der Waals surface area contributed by atoms with Crippen LogP contribution in [-0.2, 0) is 16.0 Å². The van der Waals surface area contributed by atoms with Crippen molar-refractivity contribution < 1.29 is 35.2 Å². The molecular weight excluding hydrogens is 492 g/mol. The highest BCUT2D eigenvalue weighted by molar-refractivity contribution is 7.90. The average Bonchev–Trinajstić information content (AvgIpc) is 3.43. The number of hydrogen-bond donors (Lipinski definition) is 0. The Kier molecular flexibility index (Phi) is 6.19. The molecule has 3 fully saturated rings. The van der Waals surface area contributed by atoms with E-state index in [2.05, 4.69) is 19.6 Å². The highest BCUT2D eigenvalue weighted by Gasteiger charge is 2.52. The fraction of sp³-hybridized carbons (Fsp3) is 0.636. The summed E-state index contributed by atoms with van der Waals surface area (Å²) >= 11 is 0. The fourth-order valence-electron chi connectivity index (χ4n) is 5.24. The number of rotatable bonds is 6. The van der Waals surface area contributed by atoms with Crippen LogP contribution in [0.2, 0.25) is 0 Å². The van der Waals surface area contributed by atoms with Crippen molar-refractivity contribution in [1.82, 2.24) is 15.0 Å². The molecule has 2 aromatic rings. The lowest BCUT2D eigenvalue weighted by molar-refractivity contribution is -0.159. The summed E-state index contributed by atoms with van der Waals surface area (Å²) in [5, 5.41) is 3.53. The van der Waals surface area contributed by atoms with Crippen molar-refractivity contribution in [3.05, 3.63) is 29.9 Å². The van der Waals surface area contributed by atoms with Gasteiger partial charge in [0.25, 0.3) is 5.95 Å². The normalized spacial score (nSPS) is 27.5. The molecular formula is C22H26F4N4O4S. The Morgan fingerprint density at radius 2 is 1.89 bits per heavy atom. The number of fused-ring (bicyclic) bond motifs is 1. The second kappa shape index (κ2) is 8.91. The second-order valence-electron chi connectivity index (χ2n) is 9.55. The molecule has 1 unspecified atom stereocenters. The smallest absolute Gasteiger partial charge is 0.471 e. The number of halogens is 4. The molecule has 8 nitrogen and oxygen atoms in total. The number of piperazine rings is 1. The van der Waals surface area contributed by atoms with Gasteiger partial charge in [-0.1, -0.05) is 0 Å². The number of benzene rings is 1. The molecule has 2 heterocycles. The summed E-state index contributed by atoms with van der Waals surface area (Å²) < 4.78 is 85.7. The Bertz CT molecular complexity index is 1180. The molecule has 1 aromatic heterocycles. The van der Waals surface area contributed by atoms with Gasteiger partial charge in [-0.05, 0) is 61.4 Å². The van der Waals surface area contributed by atoms with Gasteiger partial charge < -0.3 is 14.2 Å². The van der Waals surface area contributed by atoms with E-state index < -0.39 is 27.7 Å². The van der Waals surface area contributed by atoms with E-state index in [9.17, 15) is 26.0 Å². The van der Waals surface area contributed by atoms with E-state index in [0.717, 1.165) is 51.0 Å². The predicted molar refractivity (Wildman–Crippen MR) is 116 cm³/mol. The molecule has 1 aromatic carbocycles. The lowest BCUT2D eigenvalue weighted by Gasteiger charge is -2.41. The predicted octanol–water partition coefficient (Wildman–Crippen LogP) is 3.53. The van der Waals surface area contributed by atoms with Gasteiger partial charge in [-0.3, -0.25) is 4.90 Å². The van der Waals surface area contributed by atoms with Gasteiger partial charge in [0.15, 0.2) is 21.4 Å². The average molecular weight is 519 g/mol. The summed E-state index contributed by atoms with van der Waals surface area (Å²) in [6.45, 7) is 1.63. The molecule has 2 aliphatic carbocycles. The Morgan fingerprint density at radius 3 is 2.51 bits per heavy atom. The van der Waals surface area contributed by atoms with E-state index in [4.69, 9.17) is 4.74 Å². The van der Waals surface area contributed by atoms with Crippen molar-refractivity contribution in [2.75, 3.05) is 30.9 Å². The van der Waals surface area contributed by atoms with Crippen molar-refractivity contribution in [2.45, 2.75) is 61.3 Å². The van der Waals surface area contributed by atoms with Crippen LogP contribution in [0.3, 0.4) is 0 Å². The van der Waals surface area contributed by atoms with Crippen molar-refractivity contribution in [1.29, 1.82) is 0 Å². The first-order chi connectivity index (χ1) is 16.5. The largest absolute Gasteiger partial charge is 0.490 e. The Morgan fingerprint density at radius 1 is 1.14 bits per heavy atom. The third-order valence-corrected chi connectivity index (χ3v) is 8.27. The van der Waals surface area contributed by atoms with Crippen LogP contribution >= 0.6 is 0 Å². The number of hydrogen-bond acceptors (Lipinski definition) is 8. The maximum Gasteiger partial charge on any atom is 0.471 e. The minimum atomic E-state index is -4.65. The van der Waals surface area contributed by atoms with Gasteiger partial charge in [-0.15, -0.1) is 0 Å². The van der Waals surface area contributed by atoms with Gasteiger partial charge in [0.2, 0.25) is 0 Å². The van der Waals surface area contributed by atoms with Gasteiger partial charge in [0, 0.05) is 37.5 Å². The van der Waals surface area contributed by atoms with Crippen molar-refractivity contribution in [2.24, 2.45) is 5.92 Å². The molecule has 0 spiro atoms. The standard InChI is InChI=1S/C22H26F4N4O4S/c1-35(31,32)15-6-7-19(16(23)10-15)33-12-13-2-4-14(5-3-13)29-8-9-30(18-11-17(18)29)21-27-20(34-28-21)22(24,25)26/h6-7,10,13-14,17-18H,2-5,8-9,11-12H2,1H3/t13?,14?,17-,18?/m1/s1. The highest BCUT2D eigenvalue weighted by Crippen LogP contribution is 2.43. The number of alkyl halides is 3. The van der Waals surface area contributed by atoms with Gasteiger partial charge in [0.1, 0.15) is 0 Å². The van der Waals surface area contributed by atoms with E-state index in [1.54, 1.807) is 0 Å². The van der Waals surface area contributed by atoms with E-state index >= 15 is 0 Å². The van der Waals surface area contributed by atoms with E-state index in [1.165, 1.54) is 12.1 Å². The molecule has 3 aliphatic rings. The van der Waals surface area contributed by atoms with Crippen LogP contribution in [0.25, 0.3) is 0 Å². The van der Waals surface area contributed by atoms with Crippen molar-refractivity contribution >= 4 is 15.8 Å². The Balaban J connectivity index is 1.10. The molecule has 13 heteroatoms. The van der Waals surface area contributed by atoms with Crippen LogP contribution in [0.1, 0.15) is 38.0 Å². The third-order valence-electron chi connectivity index (χ3n) is 7.16. The number of sulfone groups is 1. The zero-order valence-corrected chi connectivity index (χ0v) is 19.9. The molecule has 0 N–H and O–H groups in total. The summed E-state index contributed by atoms with van der Waals surface area (Å²) in [7, 11) is -3.48. The Labute approximate surface area is 200 Å². The number of ether oxygens (including phenoxy) is 1. The topological polar surface area (TPSA) is 88.8 Å². The first-order valence-electron chi connectivity index (χ1n) is 11.6. The molecule has 0 amide bonds. The first-order valence-corrected chi connectivity index (χ1v) is 13.5. The van der Waals surface area contributed by atoms with Gasteiger partial charge in [-0.2, -0.15) is 18.2 Å². The van der Waals surface area contributed by atoms with E-state index in [1.807, 2.05) is 4.90 Å². The summed E-state index contributed by atoms with van der Waals surface area (Å²) in [6.07, 6.45) is 1.02. The number of aromatic nitrogens is 2. The maximum atomic E-state index is 14.2. The SMILES string of the molecule is CS(=O)(=O)c1ccc(OCC2CCC(N3CCN(c4noc(C(F)(F)F)n4)C4C[C@H]43)CC2)c(F)c1. The molecule has 2 saturated carbocycles. The minimum absolute atomic E-state index is 0.00197. The van der Waals surface area contributed by atoms with Crippen molar-refractivity contribution in [3.8, 4) is 5.75 Å². The zero-order valence-electron chi connectivity index (χ0n) is 19.0. The van der Waals surface area contributed by atoms with E-state index in [0.29, 0.717) is 19.2 Å². The molecule has 0 radical (unpaired) electrons. The van der Waals surface area contributed by atoms with Crippen LogP contribution in [0.5, 0.6) is 5.75 Å². The minimum Gasteiger partial charge on any atom is -0.490 e. The monoisotopic (exact) mass is 518 g/mol. The summed E-state index contributed by atoms with van der Waals surface area (Å²) in [6, 6.07) is 4.44. The Hall–Kier alpha value is -2.41. The van der Waals surface area contributed by atoms with Gasteiger partial charge in [0.05, 0.1) is 11.5 Å². The third kappa shape index (κ3) is 5.11. The van der Waals surface area contributed by atoms with Crippen LogP contribution in [0.4, 0.5) is 23.5 Å². The van der Waals surface area contributed by atoms with Crippen LogP contribution in [0.15, 0.2) is 27.6 Å². The molecule has 1 saturated heterocycles. The molecule has 5 rings (SSSR count). The number of nitrogens with zero attached hydrogens (tertiary/aromatic N) is 4. The molecule has 1 aliphatic heterocycles. The lowest BCUT2D eigenvalue weighted by atomic mass is 9.85. The second-order valence-corrected chi connectivity index (χ2v) is 11.6. The van der Waals surface area contributed by atoms with Crippen molar-refractivity contribution in [3.63, 3.8) is 0 Å².